The monoisotopic (exact) mass is 458 g/mol. The van der Waals surface area contributed by atoms with Gasteiger partial charge in [-0.2, -0.15) is 0 Å². The fourth-order valence-electron chi connectivity index (χ4n) is 3.66. The molecule has 0 radical (unpaired) electrons. The van der Waals surface area contributed by atoms with Gasteiger partial charge in [0.2, 0.25) is 5.91 Å². The first-order valence-electron chi connectivity index (χ1n) is 10.8. The number of hydrogen-bond acceptors (Lipinski definition) is 5. The Labute approximate surface area is 189 Å². The highest BCUT2D eigenvalue weighted by Crippen LogP contribution is 2.20. The van der Waals surface area contributed by atoms with Gasteiger partial charge in [0.05, 0.1) is 16.8 Å². The standard InChI is InChI=1S/C24H30N2O5S/c1-4-32(29,30)21-12-10-19(11-13-21)24(28)26(15-20-8-6-14-31-20)16-23(27)25-22-9-5-7-17(2)18(22)3/h5,7,9-13,20H,4,6,8,14-16H2,1-3H3,(H,25,27). The van der Waals surface area contributed by atoms with Crippen molar-refractivity contribution in [1.82, 2.24) is 4.90 Å². The van der Waals surface area contributed by atoms with Crippen molar-refractivity contribution >= 4 is 27.3 Å². The molecule has 8 heteroatoms. The normalized spacial score (nSPS) is 16.0. The van der Waals surface area contributed by atoms with Crippen molar-refractivity contribution in [2.75, 3.05) is 30.8 Å². The van der Waals surface area contributed by atoms with E-state index in [1.54, 1.807) is 6.92 Å². The summed E-state index contributed by atoms with van der Waals surface area (Å²) in [4.78, 5) is 27.7. The molecule has 172 valence electrons. The van der Waals surface area contributed by atoms with Gasteiger partial charge in [-0.15, -0.1) is 0 Å². The summed E-state index contributed by atoms with van der Waals surface area (Å²) in [5.74, 6) is -0.642. The van der Waals surface area contributed by atoms with Crippen molar-refractivity contribution in [2.45, 2.75) is 44.6 Å². The van der Waals surface area contributed by atoms with Crippen LogP contribution in [-0.2, 0) is 19.4 Å². The summed E-state index contributed by atoms with van der Waals surface area (Å²) in [6.45, 7) is 6.30. The third kappa shape index (κ3) is 5.75. The second-order valence-electron chi connectivity index (χ2n) is 8.04. The lowest BCUT2D eigenvalue weighted by Crippen LogP contribution is -2.42. The summed E-state index contributed by atoms with van der Waals surface area (Å²) >= 11 is 0. The van der Waals surface area contributed by atoms with E-state index in [0.717, 1.165) is 24.0 Å². The van der Waals surface area contributed by atoms with Gasteiger partial charge < -0.3 is 15.0 Å². The summed E-state index contributed by atoms with van der Waals surface area (Å²) < 4.78 is 29.8. The van der Waals surface area contributed by atoms with E-state index < -0.39 is 9.84 Å². The summed E-state index contributed by atoms with van der Waals surface area (Å²) in [5.41, 5.74) is 3.09. The largest absolute Gasteiger partial charge is 0.376 e. The molecular weight excluding hydrogens is 428 g/mol. The lowest BCUT2D eigenvalue weighted by molar-refractivity contribution is -0.117. The van der Waals surface area contributed by atoms with Crippen LogP contribution in [-0.4, -0.2) is 56.7 Å². The second kappa shape index (κ2) is 10.3. The van der Waals surface area contributed by atoms with Gasteiger partial charge in [-0.1, -0.05) is 19.1 Å². The zero-order valence-corrected chi connectivity index (χ0v) is 19.6. The zero-order valence-electron chi connectivity index (χ0n) is 18.8. The number of nitrogens with one attached hydrogen (secondary N) is 1. The minimum Gasteiger partial charge on any atom is -0.376 e. The number of amides is 2. The van der Waals surface area contributed by atoms with Crippen LogP contribution in [0.25, 0.3) is 0 Å². The van der Waals surface area contributed by atoms with Crippen LogP contribution in [0, 0.1) is 13.8 Å². The number of nitrogens with zero attached hydrogens (tertiary/aromatic N) is 1. The second-order valence-corrected chi connectivity index (χ2v) is 10.3. The van der Waals surface area contributed by atoms with Crippen LogP contribution in [0.4, 0.5) is 5.69 Å². The number of rotatable bonds is 8. The molecule has 1 heterocycles. The maximum atomic E-state index is 13.2. The summed E-state index contributed by atoms with van der Waals surface area (Å²) in [6.07, 6.45) is 1.63. The Kier molecular flexibility index (Phi) is 7.69. The van der Waals surface area contributed by atoms with Gasteiger partial charge in [0.15, 0.2) is 9.84 Å². The van der Waals surface area contributed by atoms with E-state index in [1.807, 2.05) is 32.0 Å². The van der Waals surface area contributed by atoms with Crippen LogP contribution in [0.15, 0.2) is 47.4 Å². The van der Waals surface area contributed by atoms with E-state index in [0.29, 0.717) is 24.4 Å². The lowest BCUT2D eigenvalue weighted by atomic mass is 10.1. The van der Waals surface area contributed by atoms with E-state index in [9.17, 15) is 18.0 Å². The third-order valence-electron chi connectivity index (χ3n) is 5.79. The summed E-state index contributed by atoms with van der Waals surface area (Å²) in [6, 6.07) is 11.5. The fraction of sp³-hybridized carbons (Fsp3) is 0.417. The van der Waals surface area contributed by atoms with Crippen molar-refractivity contribution < 1.29 is 22.7 Å². The summed E-state index contributed by atoms with van der Waals surface area (Å²) in [7, 11) is -3.35. The smallest absolute Gasteiger partial charge is 0.254 e. The molecule has 1 atom stereocenters. The van der Waals surface area contributed by atoms with Crippen LogP contribution in [0.1, 0.15) is 41.3 Å². The quantitative estimate of drug-likeness (QED) is 0.655. The zero-order chi connectivity index (χ0) is 23.3. The molecule has 0 spiro atoms. The van der Waals surface area contributed by atoms with Gasteiger partial charge in [0, 0.05) is 24.4 Å². The topological polar surface area (TPSA) is 92.8 Å². The first-order valence-corrected chi connectivity index (χ1v) is 12.5. The molecule has 32 heavy (non-hydrogen) atoms. The lowest BCUT2D eigenvalue weighted by Gasteiger charge is -2.25. The fourth-order valence-corrected chi connectivity index (χ4v) is 4.54. The van der Waals surface area contributed by atoms with Crippen LogP contribution in [0.5, 0.6) is 0 Å². The van der Waals surface area contributed by atoms with Crippen molar-refractivity contribution in [2.24, 2.45) is 0 Å². The Balaban J connectivity index is 1.78. The third-order valence-corrected chi connectivity index (χ3v) is 7.54. The highest BCUT2D eigenvalue weighted by molar-refractivity contribution is 7.91. The molecule has 1 unspecified atom stereocenters. The molecule has 2 aromatic carbocycles. The SMILES string of the molecule is CCS(=O)(=O)c1ccc(C(=O)N(CC(=O)Nc2cccc(C)c2C)CC2CCCO2)cc1. The molecule has 1 aliphatic heterocycles. The maximum absolute atomic E-state index is 13.2. The average molecular weight is 459 g/mol. The van der Waals surface area contributed by atoms with E-state index in [1.165, 1.54) is 29.2 Å². The molecule has 2 amide bonds. The van der Waals surface area contributed by atoms with Crippen molar-refractivity contribution in [3.63, 3.8) is 0 Å². The Morgan fingerprint density at radius 2 is 1.84 bits per heavy atom. The molecule has 3 rings (SSSR count). The number of ether oxygens (including phenoxy) is 1. The molecule has 1 N–H and O–H groups in total. The highest BCUT2D eigenvalue weighted by Gasteiger charge is 2.26. The molecule has 7 nitrogen and oxygen atoms in total. The van der Waals surface area contributed by atoms with E-state index in [4.69, 9.17) is 4.74 Å². The Bertz CT molecular complexity index is 1070. The minimum absolute atomic E-state index is 0.00994. The van der Waals surface area contributed by atoms with Crippen LogP contribution < -0.4 is 5.32 Å². The van der Waals surface area contributed by atoms with Gasteiger partial charge >= 0.3 is 0 Å². The number of carbonyl (C=O) groups excluding carboxylic acids is 2. The predicted octanol–water partition coefficient (Wildman–Crippen LogP) is 3.36. The minimum atomic E-state index is -3.35. The van der Waals surface area contributed by atoms with Gasteiger partial charge in [0.1, 0.15) is 6.54 Å². The molecule has 1 fully saturated rings. The number of aryl methyl sites for hydroxylation is 1. The molecule has 0 aliphatic carbocycles. The van der Waals surface area contributed by atoms with Crippen molar-refractivity contribution in [3.8, 4) is 0 Å². The number of benzene rings is 2. The van der Waals surface area contributed by atoms with Crippen molar-refractivity contribution in [3.05, 3.63) is 59.2 Å². The van der Waals surface area contributed by atoms with Gasteiger partial charge in [0.25, 0.3) is 5.91 Å². The summed E-state index contributed by atoms with van der Waals surface area (Å²) in [5, 5.41) is 2.90. The Hall–Kier alpha value is -2.71. The van der Waals surface area contributed by atoms with Gasteiger partial charge in [-0.05, 0) is 68.1 Å². The highest BCUT2D eigenvalue weighted by atomic mass is 32.2. The van der Waals surface area contributed by atoms with Crippen LogP contribution >= 0.6 is 0 Å². The first kappa shape index (κ1) is 23.9. The number of carbonyl (C=O) groups is 2. The average Bonchev–Trinajstić information content (AvgIpc) is 3.29. The first-order chi connectivity index (χ1) is 15.2. The molecule has 1 saturated heterocycles. The molecule has 2 aromatic rings. The van der Waals surface area contributed by atoms with Crippen molar-refractivity contribution in [1.29, 1.82) is 0 Å². The number of hydrogen-bond donors (Lipinski definition) is 1. The van der Waals surface area contributed by atoms with E-state index in [2.05, 4.69) is 5.32 Å². The molecule has 0 aromatic heterocycles. The number of anilines is 1. The van der Waals surface area contributed by atoms with Crippen LogP contribution in [0.3, 0.4) is 0 Å². The predicted molar refractivity (Wildman–Crippen MR) is 124 cm³/mol. The van der Waals surface area contributed by atoms with E-state index in [-0.39, 0.29) is 35.1 Å². The molecule has 1 aliphatic rings. The molecular formula is C24H30N2O5S. The Morgan fingerprint density at radius 1 is 1.12 bits per heavy atom. The van der Waals surface area contributed by atoms with Crippen LogP contribution in [0.2, 0.25) is 0 Å². The van der Waals surface area contributed by atoms with Gasteiger partial charge in [-0.25, -0.2) is 8.42 Å². The van der Waals surface area contributed by atoms with Gasteiger partial charge in [-0.3, -0.25) is 9.59 Å². The molecule has 0 saturated carbocycles. The number of sulfone groups is 1. The maximum Gasteiger partial charge on any atom is 0.254 e. The Morgan fingerprint density at radius 3 is 2.47 bits per heavy atom. The van der Waals surface area contributed by atoms with E-state index >= 15 is 0 Å². The molecule has 0 bridgehead atoms.